The lowest BCUT2D eigenvalue weighted by atomic mass is 9.88. The highest BCUT2D eigenvalue weighted by Gasteiger charge is 2.43. The summed E-state index contributed by atoms with van der Waals surface area (Å²) in [6, 6.07) is 23.6. The molecule has 1 unspecified atom stereocenters. The Balaban J connectivity index is 1.47. The molecule has 3 aromatic carbocycles. The second kappa shape index (κ2) is 20.0. The highest BCUT2D eigenvalue weighted by molar-refractivity contribution is 6.12. The first-order chi connectivity index (χ1) is 27.8. The fraction of sp³-hybridized carbons (Fsp3) is 0.415. The van der Waals surface area contributed by atoms with Gasteiger partial charge in [-0.2, -0.15) is 0 Å². The molecule has 0 spiro atoms. The SMILES string of the molecule is COC(=O)C([C@H](O)C[C@H](O)CCn1c(-c2ccc(F)cc2)c(-c2ccccc2)c(C(=O)Nc2ccccc2)c1C(C)C)[C@@H]1CCCN1C[C@H](CO[N+](=O)[O-])O[N+](=O)[O-]. The van der Waals surface area contributed by atoms with Gasteiger partial charge in [-0.25, -0.2) is 4.39 Å². The average Bonchev–Trinajstić information content (AvgIpc) is 3.79. The number of methoxy groups -OCH3 is 1. The van der Waals surface area contributed by atoms with Gasteiger partial charge in [0.05, 0.1) is 36.5 Å². The third kappa shape index (κ3) is 10.7. The van der Waals surface area contributed by atoms with Gasteiger partial charge in [-0.15, -0.1) is 20.2 Å². The number of rotatable bonds is 20. The van der Waals surface area contributed by atoms with Gasteiger partial charge in [0.25, 0.3) is 16.1 Å². The summed E-state index contributed by atoms with van der Waals surface area (Å²) in [5.41, 5.74) is 4.29. The number of amides is 1. The van der Waals surface area contributed by atoms with Crippen molar-refractivity contribution in [2.24, 2.45) is 5.92 Å². The topological polar surface area (TPSA) is 209 Å². The van der Waals surface area contributed by atoms with Crippen molar-refractivity contribution in [2.45, 2.75) is 76.3 Å². The Hall–Kier alpha value is -5.91. The van der Waals surface area contributed by atoms with Crippen molar-refractivity contribution in [2.75, 3.05) is 32.1 Å². The zero-order chi connectivity index (χ0) is 41.9. The van der Waals surface area contributed by atoms with Gasteiger partial charge in [-0.3, -0.25) is 14.5 Å². The number of carbonyl (C=O) groups excluding carboxylic acids is 2. The van der Waals surface area contributed by atoms with Crippen LogP contribution < -0.4 is 5.32 Å². The van der Waals surface area contributed by atoms with Crippen LogP contribution in [0.4, 0.5) is 10.1 Å². The molecule has 1 aromatic heterocycles. The van der Waals surface area contributed by atoms with Crippen LogP contribution in [0.15, 0.2) is 84.9 Å². The van der Waals surface area contributed by atoms with E-state index in [1.807, 2.05) is 66.9 Å². The van der Waals surface area contributed by atoms with E-state index >= 15 is 0 Å². The van der Waals surface area contributed by atoms with Gasteiger partial charge in [-0.05, 0) is 79.3 Å². The number of aliphatic hydroxyl groups is 2. The molecule has 1 aliphatic rings. The summed E-state index contributed by atoms with van der Waals surface area (Å²) in [5, 5.41) is 45.9. The first kappa shape index (κ1) is 43.2. The summed E-state index contributed by atoms with van der Waals surface area (Å²) in [7, 11) is 1.16. The fourth-order valence-corrected chi connectivity index (χ4v) is 7.87. The monoisotopic (exact) mass is 805 g/mol. The molecule has 5 atom stereocenters. The number of nitrogens with one attached hydrogen (secondary N) is 1. The number of benzene rings is 3. The third-order valence-corrected chi connectivity index (χ3v) is 10.2. The second-order valence-electron chi connectivity index (χ2n) is 14.5. The van der Waals surface area contributed by atoms with Gasteiger partial charge >= 0.3 is 5.97 Å². The number of nitrogens with zero attached hydrogens (tertiary/aromatic N) is 4. The number of aromatic nitrogens is 1. The van der Waals surface area contributed by atoms with Gasteiger partial charge in [-0.1, -0.05) is 62.4 Å². The summed E-state index contributed by atoms with van der Waals surface area (Å²) in [6.07, 6.45) is -3.26. The Morgan fingerprint density at radius 3 is 2.21 bits per heavy atom. The van der Waals surface area contributed by atoms with E-state index in [4.69, 9.17) is 4.74 Å². The maximum absolute atomic E-state index is 14.4. The van der Waals surface area contributed by atoms with Crippen LogP contribution in [0.3, 0.4) is 0 Å². The number of para-hydroxylation sites is 1. The number of hydrogen-bond donors (Lipinski definition) is 3. The Morgan fingerprint density at radius 1 is 0.948 bits per heavy atom. The Bertz CT molecular complexity index is 2010. The predicted molar refractivity (Wildman–Crippen MR) is 210 cm³/mol. The minimum absolute atomic E-state index is 0.0624. The number of halogens is 1. The molecule has 5 rings (SSSR count). The standard InChI is InChI=1S/C41H48FN5O11/c1-26(2)38-37(40(50)43-30-13-8-5-9-14-30)35(27-11-6-4-7-12-27)39(28-16-18-29(42)19-17-28)45(38)22-20-31(48)23-34(49)36(41(51)56-3)33-15-10-21-44(33)24-32(58-47(54)55)25-57-46(52)53/h4-9,11-14,16-19,26,31-34,36,48-49H,10,15,20-25H2,1-3H3,(H,43,50)/t31-,32-,33+,34-,36?/m1/s1. The van der Waals surface area contributed by atoms with E-state index < -0.39 is 58.8 Å². The maximum atomic E-state index is 14.4. The first-order valence-electron chi connectivity index (χ1n) is 19.0. The molecule has 0 bridgehead atoms. The van der Waals surface area contributed by atoms with Gasteiger partial charge in [0, 0.05) is 42.5 Å². The predicted octanol–water partition coefficient (Wildman–Crippen LogP) is 5.88. The molecule has 310 valence electrons. The highest BCUT2D eigenvalue weighted by atomic mass is 19.1. The molecule has 0 radical (unpaired) electrons. The van der Waals surface area contributed by atoms with E-state index in [2.05, 4.69) is 15.0 Å². The quantitative estimate of drug-likeness (QED) is 0.0544. The molecule has 58 heavy (non-hydrogen) atoms. The summed E-state index contributed by atoms with van der Waals surface area (Å²) >= 11 is 0. The van der Waals surface area contributed by atoms with Crippen molar-refractivity contribution in [1.29, 1.82) is 0 Å². The van der Waals surface area contributed by atoms with Crippen LogP contribution in [-0.4, -0.2) is 92.9 Å². The van der Waals surface area contributed by atoms with Crippen LogP contribution in [0.25, 0.3) is 22.4 Å². The number of hydrogen-bond acceptors (Lipinski definition) is 12. The lowest BCUT2D eigenvalue weighted by Crippen LogP contribution is -2.49. The van der Waals surface area contributed by atoms with E-state index in [-0.39, 0.29) is 37.8 Å². The zero-order valence-corrected chi connectivity index (χ0v) is 32.4. The minimum Gasteiger partial charge on any atom is -0.469 e. The molecule has 4 aromatic rings. The molecule has 3 N–H and O–H groups in total. The normalized spacial score (nSPS) is 16.3. The second-order valence-corrected chi connectivity index (χ2v) is 14.5. The molecule has 0 saturated carbocycles. The minimum atomic E-state index is -1.43. The Kier molecular flexibility index (Phi) is 14.9. The Morgan fingerprint density at radius 2 is 1.60 bits per heavy atom. The summed E-state index contributed by atoms with van der Waals surface area (Å²) in [6.45, 7) is 3.44. The van der Waals surface area contributed by atoms with Crippen LogP contribution in [0, 0.1) is 32.0 Å². The molecule has 2 heterocycles. The van der Waals surface area contributed by atoms with E-state index in [0.717, 1.165) is 12.7 Å². The van der Waals surface area contributed by atoms with Crippen LogP contribution in [0.5, 0.6) is 0 Å². The number of esters is 1. The van der Waals surface area contributed by atoms with Crippen LogP contribution >= 0.6 is 0 Å². The van der Waals surface area contributed by atoms with E-state index in [9.17, 15) is 44.4 Å². The largest absolute Gasteiger partial charge is 0.469 e. The van der Waals surface area contributed by atoms with E-state index in [1.54, 1.807) is 29.2 Å². The number of aliphatic hydroxyl groups excluding tert-OH is 2. The van der Waals surface area contributed by atoms with Crippen molar-refractivity contribution in [1.82, 2.24) is 9.47 Å². The third-order valence-electron chi connectivity index (χ3n) is 10.2. The molecule has 1 saturated heterocycles. The fourth-order valence-electron chi connectivity index (χ4n) is 7.87. The van der Waals surface area contributed by atoms with Crippen molar-refractivity contribution in [3.05, 3.63) is 122 Å². The molecular weight excluding hydrogens is 757 g/mol. The van der Waals surface area contributed by atoms with Crippen molar-refractivity contribution < 1.29 is 48.8 Å². The number of likely N-dealkylation sites (tertiary alicyclic amines) is 1. The number of anilines is 1. The van der Waals surface area contributed by atoms with Crippen molar-refractivity contribution >= 4 is 17.6 Å². The van der Waals surface area contributed by atoms with Crippen molar-refractivity contribution in [3.63, 3.8) is 0 Å². The molecular formula is C41H48FN5O11. The highest BCUT2D eigenvalue weighted by Crippen LogP contribution is 2.43. The van der Waals surface area contributed by atoms with Gasteiger partial charge in [0.1, 0.15) is 18.5 Å². The summed E-state index contributed by atoms with van der Waals surface area (Å²) < 4.78 is 21.3. The van der Waals surface area contributed by atoms with E-state index in [1.165, 1.54) is 12.1 Å². The summed E-state index contributed by atoms with van der Waals surface area (Å²) in [5.74, 6) is -2.97. The molecule has 17 heteroatoms. The molecule has 1 aliphatic heterocycles. The zero-order valence-electron chi connectivity index (χ0n) is 32.4. The van der Waals surface area contributed by atoms with Gasteiger partial charge in [0.15, 0.2) is 0 Å². The first-order valence-corrected chi connectivity index (χ1v) is 19.0. The van der Waals surface area contributed by atoms with Crippen LogP contribution in [0.2, 0.25) is 0 Å². The van der Waals surface area contributed by atoms with E-state index in [0.29, 0.717) is 53.2 Å². The lowest BCUT2D eigenvalue weighted by molar-refractivity contribution is -0.789. The Labute approximate surface area is 334 Å². The van der Waals surface area contributed by atoms with Crippen molar-refractivity contribution in [3.8, 4) is 22.4 Å². The molecule has 1 fully saturated rings. The van der Waals surface area contributed by atoms with Crippen LogP contribution in [-0.2, 0) is 25.8 Å². The molecule has 0 aliphatic carbocycles. The maximum Gasteiger partial charge on any atom is 0.312 e. The smallest absolute Gasteiger partial charge is 0.312 e. The lowest BCUT2D eigenvalue weighted by Gasteiger charge is -2.34. The number of ether oxygens (including phenoxy) is 1. The van der Waals surface area contributed by atoms with Gasteiger partial charge < -0.3 is 34.5 Å². The average molecular weight is 806 g/mol. The molecule has 16 nitrogen and oxygen atoms in total. The molecule has 1 amide bonds. The number of carbonyl (C=O) groups is 2. The van der Waals surface area contributed by atoms with Gasteiger partial charge in [0.2, 0.25) is 0 Å². The summed E-state index contributed by atoms with van der Waals surface area (Å²) in [4.78, 5) is 60.1. The van der Waals surface area contributed by atoms with Crippen LogP contribution in [0.1, 0.15) is 61.5 Å².